The molecule has 0 aromatic carbocycles. The molecule has 2 unspecified atom stereocenters. The van der Waals surface area contributed by atoms with Crippen LogP contribution in [0.2, 0.25) is 0 Å². The molecule has 0 saturated carbocycles. The fraction of sp³-hybridized carbons (Fsp3) is 0.917. The maximum Gasteiger partial charge on any atom is 0.306 e. The smallest absolute Gasteiger partial charge is 0.306 e. The standard InChI is InChI=1S/C12H24O3S/c1-2-3-4-5-6-7-10(12(14)15)8-11(16)9-13/h10-11,13,16H,2-9H2,1H3,(H,14,15). The van der Waals surface area contributed by atoms with Crippen molar-refractivity contribution < 1.29 is 15.0 Å². The number of carboxylic acids is 1. The zero-order valence-corrected chi connectivity index (χ0v) is 11.0. The van der Waals surface area contributed by atoms with Gasteiger partial charge in [-0.1, -0.05) is 39.0 Å². The Bertz CT molecular complexity index is 185. The summed E-state index contributed by atoms with van der Waals surface area (Å²) < 4.78 is 0. The van der Waals surface area contributed by atoms with Crippen LogP contribution in [0.1, 0.15) is 51.9 Å². The van der Waals surface area contributed by atoms with Gasteiger partial charge >= 0.3 is 5.97 Å². The fourth-order valence-corrected chi connectivity index (χ4v) is 1.99. The van der Waals surface area contributed by atoms with Crippen molar-refractivity contribution in [2.45, 2.75) is 57.1 Å². The molecular weight excluding hydrogens is 224 g/mol. The zero-order valence-electron chi connectivity index (χ0n) is 10.1. The molecule has 2 atom stereocenters. The van der Waals surface area contributed by atoms with E-state index in [1.165, 1.54) is 19.3 Å². The molecule has 0 radical (unpaired) electrons. The molecule has 16 heavy (non-hydrogen) atoms. The highest BCUT2D eigenvalue weighted by atomic mass is 32.1. The number of aliphatic hydroxyl groups is 1. The van der Waals surface area contributed by atoms with Gasteiger partial charge < -0.3 is 10.2 Å². The molecule has 0 fully saturated rings. The molecule has 0 saturated heterocycles. The van der Waals surface area contributed by atoms with Gasteiger partial charge in [-0.15, -0.1) is 0 Å². The minimum absolute atomic E-state index is 0.0529. The van der Waals surface area contributed by atoms with Crippen molar-refractivity contribution in [1.82, 2.24) is 0 Å². The van der Waals surface area contributed by atoms with Crippen LogP contribution < -0.4 is 0 Å². The van der Waals surface area contributed by atoms with Gasteiger partial charge in [0.2, 0.25) is 0 Å². The Hall–Kier alpha value is -0.220. The summed E-state index contributed by atoms with van der Waals surface area (Å²) in [4.78, 5) is 11.0. The molecule has 0 heterocycles. The lowest BCUT2D eigenvalue weighted by molar-refractivity contribution is -0.142. The molecule has 3 nitrogen and oxygen atoms in total. The Balaban J connectivity index is 3.73. The summed E-state index contributed by atoms with van der Waals surface area (Å²) in [5.74, 6) is -1.11. The predicted molar refractivity (Wildman–Crippen MR) is 69.0 cm³/mol. The maximum atomic E-state index is 11.0. The van der Waals surface area contributed by atoms with E-state index in [-0.39, 0.29) is 17.8 Å². The maximum absolute atomic E-state index is 11.0. The van der Waals surface area contributed by atoms with Crippen LogP contribution >= 0.6 is 12.6 Å². The first kappa shape index (κ1) is 15.8. The number of thiol groups is 1. The minimum atomic E-state index is -0.761. The summed E-state index contributed by atoms with van der Waals surface area (Å²) >= 11 is 4.13. The van der Waals surface area contributed by atoms with Crippen LogP contribution in [0.4, 0.5) is 0 Å². The SMILES string of the molecule is CCCCCCCC(CC(S)CO)C(=O)O. The average molecular weight is 248 g/mol. The van der Waals surface area contributed by atoms with Crippen LogP contribution in [0.3, 0.4) is 0 Å². The third kappa shape index (κ3) is 7.99. The summed E-state index contributed by atoms with van der Waals surface area (Å²) in [7, 11) is 0. The number of hydrogen-bond acceptors (Lipinski definition) is 3. The van der Waals surface area contributed by atoms with Gasteiger partial charge in [0.25, 0.3) is 0 Å². The molecular formula is C12H24O3S. The molecule has 0 aromatic rings. The monoisotopic (exact) mass is 248 g/mol. The van der Waals surface area contributed by atoms with E-state index >= 15 is 0 Å². The lowest BCUT2D eigenvalue weighted by Gasteiger charge is -2.15. The van der Waals surface area contributed by atoms with Crippen LogP contribution in [-0.2, 0) is 4.79 Å². The van der Waals surface area contributed by atoms with Crippen LogP contribution in [0.15, 0.2) is 0 Å². The summed E-state index contributed by atoms with van der Waals surface area (Å²) in [6, 6.07) is 0. The van der Waals surface area contributed by atoms with E-state index in [4.69, 9.17) is 10.2 Å². The van der Waals surface area contributed by atoms with E-state index in [0.717, 1.165) is 12.8 Å². The number of carboxylic acid groups (broad SMARTS) is 1. The lowest BCUT2D eigenvalue weighted by Crippen LogP contribution is -2.20. The molecule has 0 spiro atoms. The molecule has 96 valence electrons. The predicted octanol–water partition coefficient (Wildman–Crippen LogP) is 2.73. The van der Waals surface area contributed by atoms with Crippen molar-refractivity contribution >= 4 is 18.6 Å². The van der Waals surface area contributed by atoms with Gasteiger partial charge in [-0.05, 0) is 12.8 Å². The normalized spacial score (nSPS) is 14.7. The second-order valence-electron chi connectivity index (χ2n) is 4.31. The lowest BCUT2D eigenvalue weighted by atomic mass is 9.96. The molecule has 0 aliphatic heterocycles. The third-order valence-corrected chi connectivity index (χ3v) is 3.15. The van der Waals surface area contributed by atoms with Crippen molar-refractivity contribution in [3.63, 3.8) is 0 Å². The highest BCUT2D eigenvalue weighted by Gasteiger charge is 2.19. The van der Waals surface area contributed by atoms with E-state index in [0.29, 0.717) is 12.8 Å². The van der Waals surface area contributed by atoms with Crippen LogP contribution in [-0.4, -0.2) is 28.0 Å². The van der Waals surface area contributed by atoms with E-state index in [1.54, 1.807) is 0 Å². The Morgan fingerprint density at radius 2 is 1.88 bits per heavy atom. The summed E-state index contributed by atoms with van der Waals surface area (Å²) in [6.45, 7) is 2.11. The van der Waals surface area contributed by atoms with Crippen molar-refractivity contribution in [2.75, 3.05) is 6.61 Å². The largest absolute Gasteiger partial charge is 0.481 e. The quantitative estimate of drug-likeness (QED) is 0.411. The summed E-state index contributed by atoms with van der Waals surface area (Å²) in [6.07, 6.45) is 6.85. The summed E-state index contributed by atoms with van der Waals surface area (Å²) in [5.41, 5.74) is 0. The fourth-order valence-electron chi connectivity index (χ4n) is 1.74. The van der Waals surface area contributed by atoms with Crippen molar-refractivity contribution in [2.24, 2.45) is 5.92 Å². The van der Waals surface area contributed by atoms with Crippen LogP contribution in [0.25, 0.3) is 0 Å². The molecule has 2 N–H and O–H groups in total. The van der Waals surface area contributed by atoms with Crippen LogP contribution in [0, 0.1) is 5.92 Å². The number of unbranched alkanes of at least 4 members (excludes halogenated alkanes) is 4. The van der Waals surface area contributed by atoms with E-state index < -0.39 is 5.97 Å². The van der Waals surface area contributed by atoms with Gasteiger partial charge in [-0.25, -0.2) is 0 Å². The van der Waals surface area contributed by atoms with Gasteiger partial charge in [-0.2, -0.15) is 12.6 Å². The second-order valence-corrected chi connectivity index (χ2v) is 5.04. The molecule has 0 rings (SSSR count). The van der Waals surface area contributed by atoms with E-state index in [2.05, 4.69) is 19.6 Å². The second kappa shape index (κ2) is 9.97. The minimum Gasteiger partial charge on any atom is -0.481 e. The zero-order chi connectivity index (χ0) is 12.4. The highest BCUT2D eigenvalue weighted by Crippen LogP contribution is 2.19. The molecule has 0 aliphatic carbocycles. The Morgan fingerprint density at radius 3 is 2.38 bits per heavy atom. The van der Waals surface area contributed by atoms with Gasteiger partial charge in [0.1, 0.15) is 0 Å². The number of hydrogen-bond donors (Lipinski definition) is 3. The average Bonchev–Trinajstić information content (AvgIpc) is 2.26. The Labute approximate surface area is 104 Å². The third-order valence-electron chi connectivity index (χ3n) is 2.77. The first-order valence-electron chi connectivity index (χ1n) is 6.13. The summed E-state index contributed by atoms with van der Waals surface area (Å²) in [5, 5.41) is 17.6. The van der Waals surface area contributed by atoms with Crippen molar-refractivity contribution in [3.05, 3.63) is 0 Å². The number of rotatable bonds is 10. The van der Waals surface area contributed by atoms with Gasteiger partial charge in [0.05, 0.1) is 12.5 Å². The molecule has 0 aromatic heterocycles. The topological polar surface area (TPSA) is 57.5 Å². The van der Waals surface area contributed by atoms with Gasteiger partial charge in [0, 0.05) is 5.25 Å². The Kier molecular flexibility index (Phi) is 9.83. The first-order valence-corrected chi connectivity index (χ1v) is 6.65. The van der Waals surface area contributed by atoms with E-state index in [9.17, 15) is 4.79 Å². The van der Waals surface area contributed by atoms with Gasteiger partial charge in [-0.3, -0.25) is 4.79 Å². The molecule has 4 heteroatoms. The number of aliphatic hydroxyl groups excluding tert-OH is 1. The highest BCUT2D eigenvalue weighted by molar-refractivity contribution is 7.81. The molecule has 0 amide bonds. The van der Waals surface area contributed by atoms with Crippen molar-refractivity contribution in [1.29, 1.82) is 0 Å². The molecule has 0 aliphatic rings. The molecule has 0 bridgehead atoms. The Morgan fingerprint density at radius 1 is 1.25 bits per heavy atom. The number of carbonyl (C=O) groups is 1. The van der Waals surface area contributed by atoms with Crippen molar-refractivity contribution in [3.8, 4) is 0 Å². The van der Waals surface area contributed by atoms with Gasteiger partial charge in [0.15, 0.2) is 0 Å². The number of aliphatic carboxylic acids is 1. The first-order chi connectivity index (χ1) is 7.61. The van der Waals surface area contributed by atoms with Crippen LogP contribution in [0.5, 0.6) is 0 Å². The van der Waals surface area contributed by atoms with E-state index in [1.807, 2.05) is 0 Å².